The normalized spacial score (nSPS) is 25.4. The van der Waals surface area contributed by atoms with Crippen molar-refractivity contribution in [1.29, 1.82) is 0 Å². The summed E-state index contributed by atoms with van der Waals surface area (Å²) >= 11 is 0. The molecule has 3 atom stereocenters. The lowest BCUT2D eigenvalue weighted by atomic mass is 9.66. The number of rotatable bonds is 4. The van der Waals surface area contributed by atoms with Gasteiger partial charge in [-0.15, -0.1) is 0 Å². The molecule has 2 rings (SSSR count). The summed E-state index contributed by atoms with van der Waals surface area (Å²) in [4.78, 5) is 23.0. The molecule has 6 heteroatoms. The zero-order valence-corrected chi connectivity index (χ0v) is 11.7. The Morgan fingerprint density at radius 1 is 1.23 bits per heavy atom. The molecule has 0 fully saturated rings. The molecule has 3 unspecified atom stereocenters. The fraction of sp³-hybridized carbons (Fsp3) is 0.250. The Bertz CT molecular complexity index is 662. The molecule has 0 aliphatic heterocycles. The number of carbonyl (C=O) groups is 2. The lowest BCUT2D eigenvalue weighted by Crippen LogP contribution is -2.41. The summed E-state index contributed by atoms with van der Waals surface area (Å²) in [5.41, 5.74) is -1.54. The Morgan fingerprint density at radius 3 is 2.32 bits per heavy atom. The topological polar surface area (TPSA) is 94.8 Å². The highest BCUT2D eigenvalue weighted by Crippen LogP contribution is 2.45. The van der Waals surface area contributed by atoms with Gasteiger partial charge in [0.05, 0.1) is 11.5 Å². The minimum Gasteiger partial charge on any atom is -0.481 e. The highest BCUT2D eigenvalue weighted by atomic mass is 19.1. The minimum absolute atomic E-state index is 0.204. The molecule has 1 aliphatic carbocycles. The van der Waals surface area contributed by atoms with Crippen molar-refractivity contribution in [2.45, 2.75) is 13.0 Å². The number of aliphatic hydroxyl groups excluding tert-OH is 1. The molecule has 0 radical (unpaired) electrons. The number of aliphatic carboxylic acids is 2. The van der Waals surface area contributed by atoms with Crippen LogP contribution in [0.3, 0.4) is 0 Å². The maximum atomic E-state index is 13.0. The Balaban J connectivity index is 2.52. The fourth-order valence-electron chi connectivity index (χ4n) is 2.64. The second-order valence-corrected chi connectivity index (χ2v) is 5.35. The first-order chi connectivity index (χ1) is 10.3. The van der Waals surface area contributed by atoms with Gasteiger partial charge in [-0.3, -0.25) is 4.79 Å². The number of halogens is 1. The molecule has 0 saturated carbocycles. The van der Waals surface area contributed by atoms with Crippen LogP contribution in [0.1, 0.15) is 18.6 Å². The Hall–Kier alpha value is -2.47. The van der Waals surface area contributed by atoms with Gasteiger partial charge in [-0.1, -0.05) is 30.4 Å². The van der Waals surface area contributed by atoms with Crippen LogP contribution in [0.15, 0.2) is 48.1 Å². The molecule has 22 heavy (non-hydrogen) atoms. The van der Waals surface area contributed by atoms with E-state index >= 15 is 0 Å². The Kier molecular flexibility index (Phi) is 4.14. The average molecular weight is 306 g/mol. The molecule has 0 spiro atoms. The van der Waals surface area contributed by atoms with Crippen LogP contribution in [-0.4, -0.2) is 27.3 Å². The van der Waals surface area contributed by atoms with Crippen molar-refractivity contribution in [3.05, 3.63) is 59.4 Å². The third-order valence-electron chi connectivity index (χ3n) is 3.93. The molecule has 116 valence electrons. The van der Waals surface area contributed by atoms with E-state index in [4.69, 9.17) is 0 Å². The number of hydrogen-bond donors (Lipinski definition) is 3. The molecule has 0 bridgehead atoms. The van der Waals surface area contributed by atoms with E-state index in [9.17, 15) is 29.3 Å². The predicted molar refractivity (Wildman–Crippen MR) is 75.5 cm³/mol. The molecule has 0 amide bonds. The number of benzene rings is 1. The monoisotopic (exact) mass is 306 g/mol. The van der Waals surface area contributed by atoms with Gasteiger partial charge in [-0.25, -0.2) is 9.18 Å². The van der Waals surface area contributed by atoms with Crippen molar-refractivity contribution in [3.63, 3.8) is 0 Å². The molecular weight excluding hydrogens is 291 g/mol. The Morgan fingerprint density at radius 2 is 1.82 bits per heavy atom. The number of carboxylic acid groups (broad SMARTS) is 2. The van der Waals surface area contributed by atoms with Crippen LogP contribution in [0, 0.1) is 17.2 Å². The molecule has 0 heterocycles. The van der Waals surface area contributed by atoms with Crippen molar-refractivity contribution in [2.75, 3.05) is 0 Å². The molecule has 5 nitrogen and oxygen atoms in total. The van der Waals surface area contributed by atoms with Gasteiger partial charge < -0.3 is 15.3 Å². The zero-order valence-electron chi connectivity index (χ0n) is 11.7. The molecule has 0 aromatic heterocycles. The van der Waals surface area contributed by atoms with Crippen molar-refractivity contribution in [1.82, 2.24) is 0 Å². The van der Waals surface area contributed by atoms with Crippen molar-refractivity contribution >= 4 is 11.9 Å². The summed E-state index contributed by atoms with van der Waals surface area (Å²) < 4.78 is 13.0. The van der Waals surface area contributed by atoms with Crippen LogP contribution < -0.4 is 0 Å². The molecular formula is C16H15FO5. The van der Waals surface area contributed by atoms with Crippen molar-refractivity contribution in [2.24, 2.45) is 11.3 Å². The summed E-state index contributed by atoms with van der Waals surface area (Å²) in [5.74, 6) is -4.25. The summed E-state index contributed by atoms with van der Waals surface area (Å²) in [5, 5.41) is 29.3. The van der Waals surface area contributed by atoms with E-state index < -0.39 is 35.2 Å². The minimum atomic E-state index is -1.59. The van der Waals surface area contributed by atoms with E-state index in [1.165, 1.54) is 37.3 Å². The van der Waals surface area contributed by atoms with Crippen molar-refractivity contribution in [3.8, 4) is 0 Å². The maximum Gasteiger partial charge on any atom is 0.332 e. The van der Waals surface area contributed by atoms with Gasteiger partial charge in [0.2, 0.25) is 0 Å². The number of hydrogen-bond acceptors (Lipinski definition) is 3. The highest BCUT2D eigenvalue weighted by molar-refractivity contribution is 5.91. The van der Waals surface area contributed by atoms with Gasteiger partial charge in [0.1, 0.15) is 5.82 Å². The van der Waals surface area contributed by atoms with Gasteiger partial charge in [-0.2, -0.15) is 0 Å². The van der Waals surface area contributed by atoms with Gasteiger partial charge >= 0.3 is 11.9 Å². The first kappa shape index (κ1) is 15.9. The lowest BCUT2D eigenvalue weighted by Gasteiger charge is -2.37. The molecule has 1 aromatic carbocycles. The fourth-order valence-corrected chi connectivity index (χ4v) is 2.64. The average Bonchev–Trinajstić information content (AvgIpc) is 2.46. The van der Waals surface area contributed by atoms with Gasteiger partial charge in [-0.05, 0) is 24.6 Å². The van der Waals surface area contributed by atoms with Crippen LogP contribution >= 0.6 is 0 Å². The van der Waals surface area contributed by atoms with Gasteiger partial charge in [0.25, 0.3) is 0 Å². The summed E-state index contributed by atoms with van der Waals surface area (Å²) in [6, 6.07) is 4.86. The molecule has 1 aliphatic rings. The summed E-state index contributed by atoms with van der Waals surface area (Å²) in [7, 11) is 0. The summed E-state index contributed by atoms with van der Waals surface area (Å²) in [6.07, 6.45) is 2.57. The lowest BCUT2D eigenvalue weighted by molar-refractivity contribution is -0.150. The second-order valence-electron chi connectivity index (χ2n) is 5.35. The van der Waals surface area contributed by atoms with Crippen molar-refractivity contribution < 1.29 is 29.3 Å². The number of aliphatic hydroxyl groups is 1. The van der Waals surface area contributed by atoms with Crippen LogP contribution in [0.5, 0.6) is 0 Å². The highest BCUT2D eigenvalue weighted by Gasteiger charge is 2.48. The van der Waals surface area contributed by atoms with Crippen LogP contribution in [0.25, 0.3) is 0 Å². The van der Waals surface area contributed by atoms with E-state index in [1.807, 2.05) is 0 Å². The SMILES string of the molecule is CC1(C(=O)O)C=CC=C(C(=O)O)C1C(O)c1ccc(F)cc1. The largest absolute Gasteiger partial charge is 0.481 e. The van der Waals surface area contributed by atoms with Gasteiger partial charge in [0, 0.05) is 11.5 Å². The molecule has 0 saturated heterocycles. The van der Waals surface area contributed by atoms with Crippen LogP contribution in [-0.2, 0) is 9.59 Å². The molecule has 3 N–H and O–H groups in total. The predicted octanol–water partition coefficient (Wildman–Crippen LogP) is 2.15. The van der Waals surface area contributed by atoms with E-state index in [1.54, 1.807) is 0 Å². The first-order valence-electron chi connectivity index (χ1n) is 6.57. The van der Waals surface area contributed by atoms with E-state index in [2.05, 4.69) is 0 Å². The standard InChI is InChI=1S/C16H15FO5/c1-16(15(21)22)8-2-3-11(14(19)20)12(16)13(18)9-4-6-10(17)7-5-9/h2-8,12-13,18H,1H3,(H,19,20)(H,21,22). The van der Waals surface area contributed by atoms with E-state index in [0.717, 1.165) is 12.1 Å². The number of carboxylic acids is 2. The third kappa shape index (κ3) is 2.65. The summed E-state index contributed by atoms with van der Waals surface area (Å²) in [6.45, 7) is 1.35. The number of allylic oxidation sites excluding steroid dienone is 2. The first-order valence-corrected chi connectivity index (χ1v) is 6.57. The van der Waals surface area contributed by atoms with Gasteiger partial charge in [0.15, 0.2) is 0 Å². The maximum absolute atomic E-state index is 13.0. The zero-order chi connectivity index (χ0) is 16.5. The van der Waals surface area contributed by atoms with Crippen LogP contribution in [0.4, 0.5) is 4.39 Å². The Labute approximate surface area is 126 Å². The molecule has 1 aromatic rings. The van der Waals surface area contributed by atoms with E-state index in [-0.39, 0.29) is 11.1 Å². The van der Waals surface area contributed by atoms with Crippen LogP contribution in [0.2, 0.25) is 0 Å². The second kappa shape index (κ2) is 5.73. The smallest absolute Gasteiger partial charge is 0.332 e. The third-order valence-corrected chi connectivity index (χ3v) is 3.93. The quantitative estimate of drug-likeness (QED) is 0.792. The van der Waals surface area contributed by atoms with E-state index in [0.29, 0.717) is 0 Å².